The Labute approximate surface area is 218 Å². The summed E-state index contributed by atoms with van der Waals surface area (Å²) in [5, 5.41) is 8.00. The third kappa shape index (κ3) is 4.10. The van der Waals surface area contributed by atoms with Gasteiger partial charge in [-0.3, -0.25) is 9.36 Å². The fourth-order valence-corrected chi connectivity index (χ4v) is 4.92. The van der Waals surface area contributed by atoms with Gasteiger partial charge in [-0.25, -0.2) is 14.4 Å². The minimum atomic E-state index is -4.74. The summed E-state index contributed by atoms with van der Waals surface area (Å²) in [5.41, 5.74) is -0.00129. The van der Waals surface area contributed by atoms with Crippen molar-refractivity contribution in [2.45, 2.75) is 43.7 Å². The van der Waals surface area contributed by atoms with Gasteiger partial charge in [-0.15, -0.1) is 10.2 Å². The number of alkyl halides is 3. The highest BCUT2D eigenvalue weighted by Crippen LogP contribution is 2.43. The normalized spacial score (nSPS) is 15.8. The van der Waals surface area contributed by atoms with Gasteiger partial charge in [-0.05, 0) is 61.1 Å². The number of imidazole rings is 1. The Morgan fingerprint density at radius 1 is 1.00 bits per heavy atom. The van der Waals surface area contributed by atoms with E-state index in [0.717, 1.165) is 36.4 Å². The van der Waals surface area contributed by atoms with Crippen LogP contribution in [0.15, 0.2) is 47.7 Å². The highest BCUT2D eigenvalue weighted by molar-refractivity contribution is 5.82. The van der Waals surface area contributed by atoms with E-state index in [9.17, 15) is 22.4 Å². The summed E-state index contributed by atoms with van der Waals surface area (Å²) in [4.78, 5) is 25.2. The lowest BCUT2D eigenvalue weighted by molar-refractivity contribution is -0.136. The van der Waals surface area contributed by atoms with Crippen molar-refractivity contribution in [3.05, 3.63) is 76.1 Å². The molecule has 5 aromatic rings. The number of aromatic amines is 1. The van der Waals surface area contributed by atoms with Gasteiger partial charge >= 0.3 is 6.18 Å². The summed E-state index contributed by atoms with van der Waals surface area (Å²) in [6, 6.07) is 7.60. The zero-order valence-electron chi connectivity index (χ0n) is 20.6. The molecule has 198 valence electrons. The van der Waals surface area contributed by atoms with E-state index in [-0.39, 0.29) is 28.7 Å². The number of fused-ring (bicyclic) bond motifs is 1. The topological polar surface area (TPSA) is 94.3 Å². The van der Waals surface area contributed by atoms with Crippen LogP contribution in [0, 0.1) is 5.82 Å². The van der Waals surface area contributed by atoms with E-state index >= 15 is 0 Å². The second kappa shape index (κ2) is 8.32. The van der Waals surface area contributed by atoms with Gasteiger partial charge in [0.05, 0.1) is 0 Å². The Balaban J connectivity index is 1.47. The van der Waals surface area contributed by atoms with Gasteiger partial charge in [-0.1, -0.05) is 6.07 Å². The molecule has 2 aliphatic carbocycles. The first-order valence-corrected chi connectivity index (χ1v) is 12.6. The molecule has 0 aliphatic heterocycles. The summed E-state index contributed by atoms with van der Waals surface area (Å²) >= 11 is 0. The van der Waals surface area contributed by atoms with Crippen molar-refractivity contribution in [3.63, 3.8) is 0 Å². The zero-order chi connectivity index (χ0) is 27.1. The zero-order valence-corrected chi connectivity index (χ0v) is 20.6. The largest absolute Gasteiger partial charge is 0.419 e. The number of halogens is 4. The molecule has 0 amide bonds. The molecule has 2 saturated carbocycles. The lowest BCUT2D eigenvalue weighted by Crippen LogP contribution is -2.23. The number of H-pyrrole nitrogens is 1. The number of benzene rings is 1. The van der Waals surface area contributed by atoms with Crippen LogP contribution in [0.4, 0.5) is 17.6 Å². The second-order valence-corrected chi connectivity index (χ2v) is 10.2. The molecule has 4 heterocycles. The van der Waals surface area contributed by atoms with Gasteiger partial charge in [-0.2, -0.15) is 13.2 Å². The first-order valence-electron chi connectivity index (χ1n) is 12.6. The number of hydrogen-bond acceptors (Lipinski definition) is 5. The van der Waals surface area contributed by atoms with Crippen molar-refractivity contribution in [2.75, 3.05) is 0 Å². The number of nitrogens with one attached hydrogen (secondary N) is 1. The minimum absolute atomic E-state index is 0.0340. The molecule has 0 atom stereocenters. The summed E-state index contributed by atoms with van der Waals surface area (Å²) < 4.78 is 59.4. The molecule has 7 rings (SSSR count). The van der Waals surface area contributed by atoms with Crippen LogP contribution < -0.4 is 5.56 Å². The van der Waals surface area contributed by atoms with Crippen LogP contribution in [0.25, 0.3) is 39.4 Å². The monoisotopic (exact) mass is 535 g/mol. The highest BCUT2D eigenvalue weighted by atomic mass is 19.4. The average molecular weight is 536 g/mol. The molecule has 12 heteroatoms. The standard InChI is InChI=1S/C27H21F4N7O/c1-37-12-32-36-25(37)18-10-16(28)6-7-17(18)15-8-20(13-2-3-13)33-21(9-15)38-11-19(27(29,30)31)22-23(26(38)39)35-24(34-22)14-4-5-14/h6-14H,2-5H2,1H3,(H,34,35). The van der Waals surface area contributed by atoms with E-state index in [2.05, 4.69) is 25.1 Å². The maximum atomic E-state index is 14.3. The first kappa shape index (κ1) is 23.7. The van der Waals surface area contributed by atoms with Crippen LogP contribution in [0.1, 0.15) is 54.6 Å². The van der Waals surface area contributed by atoms with Crippen molar-refractivity contribution >= 4 is 11.0 Å². The number of rotatable bonds is 5. The van der Waals surface area contributed by atoms with Crippen LogP contribution >= 0.6 is 0 Å². The first-order chi connectivity index (χ1) is 18.7. The molecular formula is C27H21F4N7O. The Hall–Kier alpha value is -4.35. The van der Waals surface area contributed by atoms with Gasteiger partial charge in [0.25, 0.3) is 5.56 Å². The molecule has 0 spiro atoms. The third-order valence-corrected chi connectivity index (χ3v) is 7.26. The van der Waals surface area contributed by atoms with Crippen LogP contribution in [0.5, 0.6) is 0 Å². The lowest BCUT2D eigenvalue weighted by atomic mass is 9.98. The predicted octanol–water partition coefficient (Wildman–Crippen LogP) is 5.48. The van der Waals surface area contributed by atoms with E-state index in [0.29, 0.717) is 34.0 Å². The minimum Gasteiger partial charge on any atom is -0.337 e. The molecule has 1 N–H and O–H groups in total. The Kier molecular flexibility index (Phi) is 5.07. The number of nitrogens with zero attached hydrogens (tertiary/aromatic N) is 6. The number of aryl methyl sites for hydroxylation is 1. The van der Waals surface area contributed by atoms with Crippen LogP contribution in [-0.4, -0.2) is 34.3 Å². The third-order valence-electron chi connectivity index (χ3n) is 7.26. The summed E-state index contributed by atoms with van der Waals surface area (Å²) in [6.45, 7) is 0. The maximum Gasteiger partial charge on any atom is 0.419 e. The molecular weight excluding hydrogens is 514 g/mol. The number of aromatic nitrogens is 7. The summed E-state index contributed by atoms with van der Waals surface area (Å²) in [6.07, 6.45) is 0.913. The average Bonchev–Trinajstić information content (AvgIpc) is 3.83. The Bertz CT molecular complexity index is 1830. The maximum absolute atomic E-state index is 14.3. The van der Waals surface area contributed by atoms with Gasteiger partial charge in [0.1, 0.15) is 40.4 Å². The molecule has 2 fully saturated rings. The van der Waals surface area contributed by atoms with Crippen LogP contribution in [-0.2, 0) is 13.2 Å². The smallest absolute Gasteiger partial charge is 0.337 e. The van der Waals surface area contributed by atoms with Crippen LogP contribution in [0.3, 0.4) is 0 Å². The number of pyridine rings is 2. The predicted molar refractivity (Wildman–Crippen MR) is 134 cm³/mol. The lowest BCUT2D eigenvalue weighted by Gasteiger charge is -2.15. The molecule has 0 unspecified atom stereocenters. The van der Waals surface area contributed by atoms with Crippen molar-refractivity contribution in [1.29, 1.82) is 0 Å². The van der Waals surface area contributed by atoms with Crippen molar-refractivity contribution in [1.82, 2.24) is 34.3 Å². The quantitative estimate of drug-likeness (QED) is 0.301. The second-order valence-electron chi connectivity index (χ2n) is 10.2. The van der Waals surface area contributed by atoms with E-state index in [1.165, 1.54) is 18.5 Å². The molecule has 0 saturated heterocycles. The highest BCUT2D eigenvalue weighted by Gasteiger charge is 2.37. The molecule has 0 radical (unpaired) electrons. The fourth-order valence-electron chi connectivity index (χ4n) is 4.92. The van der Waals surface area contributed by atoms with Gasteiger partial charge in [0, 0.05) is 36.3 Å². The molecule has 0 bridgehead atoms. The van der Waals surface area contributed by atoms with E-state index in [4.69, 9.17) is 0 Å². The van der Waals surface area contributed by atoms with Crippen molar-refractivity contribution in [2.24, 2.45) is 7.05 Å². The summed E-state index contributed by atoms with van der Waals surface area (Å²) in [5.74, 6) is 0.534. The Morgan fingerprint density at radius 3 is 2.44 bits per heavy atom. The van der Waals surface area contributed by atoms with Crippen molar-refractivity contribution in [3.8, 4) is 28.3 Å². The van der Waals surface area contributed by atoms with Gasteiger partial charge in [0.2, 0.25) is 0 Å². The van der Waals surface area contributed by atoms with Crippen LogP contribution in [0.2, 0.25) is 0 Å². The Morgan fingerprint density at radius 2 is 1.77 bits per heavy atom. The molecule has 39 heavy (non-hydrogen) atoms. The fraction of sp³-hybridized carbons (Fsp3) is 0.296. The van der Waals surface area contributed by atoms with Gasteiger partial charge < -0.3 is 9.55 Å². The van der Waals surface area contributed by atoms with E-state index < -0.39 is 23.1 Å². The van der Waals surface area contributed by atoms with E-state index in [1.54, 1.807) is 23.7 Å². The summed E-state index contributed by atoms with van der Waals surface area (Å²) in [7, 11) is 1.73. The van der Waals surface area contributed by atoms with E-state index in [1.807, 2.05) is 6.07 Å². The SMILES string of the molecule is Cn1cnnc1-c1cc(F)ccc1-c1cc(C2CC2)nc(-n2cc(C(F)(F)F)c3nc(C4CC4)[nH]c3c2=O)c1. The molecule has 4 aromatic heterocycles. The van der Waals surface area contributed by atoms with Gasteiger partial charge in [0.15, 0.2) is 5.82 Å². The molecule has 1 aromatic carbocycles. The number of hydrogen-bond donors (Lipinski definition) is 1. The molecule has 8 nitrogen and oxygen atoms in total. The van der Waals surface area contributed by atoms with Crippen molar-refractivity contribution < 1.29 is 17.6 Å². The molecule has 2 aliphatic rings.